The zero-order chi connectivity index (χ0) is 35.8. The van der Waals surface area contributed by atoms with Gasteiger partial charge in [-0.25, -0.2) is 9.98 Å². The number of hydrogen-bond donors (Lipinski definition) is 2. The van der Waals surface area contributed by atoms with Crippen LogP contribution in [0.5, 0.6) is 0 Å². The van der Waals surface area contributed by atoms with Gasteiger partial charge >= 0.3 is 0 Å². The van der Waals surface area contributed by atoms with E-state index >= 15 is 0 Å². The Morgan fingerprint density at radius 3 is 1.78 bits per heavy atom. The molecule has 4 nitrogen and oxygen atoms in total. The second-order valence-electron chi connectivity index (χ2n) is 13.9. The standard InChI is InChI=1S/C50H36N4/c1-4-13-34(14-5-1)42-20-12-21-44-46(42)43-19-10-11-22-45(43)51-47(44)35-25-23-33(24-26-35)38-27-28-40-32-41(30-29-39(40)31-38)50-53-48(36-15-6-2-7-16-36)52-49(54-50)37-17-8-3-9-18-37/h1-32,48-49,52H,(H,53,54). The van der Waals surface area contributed by atoms with Crippen LogP contribution in [0.15, 0.2) is 199 Å². The van der Waals surface area contributed by atoms with Crippen LogP contribution in [0.3, 0.4) is 0 Å². The van der Waals surface area contributed by atoms with E-state index in [9.17, 15) is 0 Å². The molecule has 1 aliphatic heterocycles. The third-order valence-corrected chi connectivity index (χ3v) is 10.5. The van der Waals surface area contributed by atoms with E-state index in [4.69, 9.17) is 9.98 Å². The Kier molecular flexibility index (Phi) is 8.01. The van der Waals surface area contributed by atoms with E-state index in [1.54, 1.807) is 0 Å². The number of amidine groups is 1. The SMILES string of the molecule is c1ccc(-c2cccc3c(-c4ccc(-c5ccc6cc(C7=NC(c8ccccc8)NC(c8ccccc8)N7)ccc6c5)cc4)nc4ccccc4c23)cc1. The lowest BCUT2D eigenvalue weighted by Crippen LogP contribution is -2.44. The third-order valence-electron chi connectivity index (χ3n) is 10.5. The molecule has 0 aliphatic carbocycles. The van der Waals surface area contributed by atoms with Gasteiger partial charge in [0, 0.05) is 27.3 Å². The lowest BCUT2D eigenvalue weighted by molar-refractivity contribution is 0.409. The summed E-state index contributed by atoms with van der Waals surface area (Å²) in [6, 6.07) is 68.8. The molecule has 0 amide bonds. The van der Waals surface area contributed by atoms with Crippen molar-refractivity contribution >= 4 is 38.3 Å². The van der Waals surface area contributed by atoms with Gasteiger partial charge < -0.3 is 5.32 Å². The van der Waals surface area contributed by atoms with E-state index < -0.39 is 0 Å². The molecule has 0 fully saturated rings. The molecule has 0 bridgehead atoms. The monoisotopic (exact) mass is 692 g/mol. The van der Waals surface area contributed by atoms with Crippen LogP contribution in [0.25, 0.3) is 66.0 Å². The van der Waals surface area contributed by atoms with Crippen LogP contribution in [0.2, 0.25) is 0 Å². The molecule has 1 aromatic heterocycles. The summed E-state index contributed by atoms with van der Waals surface area (Å²) in [5, 5.41) is 13.3. The Balaban J connectivity index is 0.981. The Labute approximate surface area is 314 Å². The topological polar surface area (TPSA) is 49.3 Å². The minimum Gasteiger partial charge on any atom is -0.350 e. The van der Waals surface area contributed by atoms with Crippen molar-refractivity contribution in [3.05, 3.63) is 211 Å². The van der Waals surface area contributed by atoms with Crippen molar-refractivity contribution in [2.45, 2.75) is 12.3 Å². The predicted octanol–water partition coefficient (Wildman–Crippen LogP) is 11.9. The van der Waals surface area contributed by atoms with Gasteiger partial charge in [-0.15, -0.1) is 0 Å². The molecule has 0 radical (unpaired) electrons. The largest absolute Gasteiger partial charge is 0.350 e. The van der Waals surface area contributed by atoms with Gasteiger partial charge in [0.15, 0.2) is 0 Å². The molecule has 2 unspecified atom stereocenters. The van der Waals surface area contributed by atoms with Crippen LogP contribution in [-0.4, -0.2) is 10.8 Å². The summed E-state index contributed by atoms with van der Waals surface area (Å²) >= 11 is 0. The molecule has 0 saturated carbocycles. The molecule has 1 aliphatic rings. The van der Waals surface area contributed by atoms with Crippen LogP contribution in [0.4, 0.5) is 0 Å². The average molecular weight is 693 g/mol. The highest BCUT2D eigenvalue weighted by Crippen LogP contribution is 2.39. The first kappa shape index (κ1) is 31.8. The third kappa shape index (κ3) is 5.89. The fourth-order valence-electron chi connectivity index (χ4n) is 7.80. The highest BCUT2D eigenvalue weighted by molar-refractivity contribution is 6.17. The quantitative estimate of drug-likeness (QED) is 0.171. The van der Waals surface area contributed by atoms with Crippen molar-refractivity contribution in [3.63, 3.8) is 0 Å². The number of fused-ring (bicyclic) bond motifs is 4. The maximum absolute atomic E-state index is 5.22. The van der Waals surface area contributed by atoms with Gasteiger partial charge in [-0.2, -0.15) is 0 Å². The van der Waals surface area contributed by atoms with Gasteiger partial charge in [-0.1, -0.05) is 176 Å². The second kappa shape index (κ2) is 13.6. The van der Waals surface area contributed by atoms with Crippen LogP contribution >= 0.6 is 0 Å². The first-order valence-electron chi connectivity index (χ1n) is 18.5. The first-order chi connectivity index (χ1) is 26.7. The number of nitrogens with one attached hydrogen (secondary N) is 2. The molecule has 0 saturated heterocycles. The van der Waals surface area contributed by atoms with Gasteiger partial charge in [-0.3, -0.25) is 5.32 Å². The fourth-order valence-corrected chi connectivity index (χ4v) is 7.80. The summed E-state index contributed by atoms with van der Waals surface area (Å²) in [6.07, 6.45) is -0.235. The molecular formula is C50H36N4. The van der Waals surface area contributed by atoms with Crippen molar-refractivity contribution in [2.75, 3.05) is 0 Å². The number of para-hydroxylation sites is 1. The molecule has 256 valence electrons. The van der Waals surface area contributed by atoms with Crippen LogP contribution in [0, 0.1) is 0 Å². The smallest absolute Gasteiger partial charge is 0.131 e. The fraction of sp³-hybridized carbons (Fsp3) is 0.0400. The Hall–Kier alpha value is -6.88. The zero-order valence-electron chi connectivity index (χ0n) is 29.5. The molecule has 0 spiro atoms. The van der Waals surface area contributed by atoms with E-state index in [0.717, 1.165) is 39.1 Å². The summed E-state index contributed by atoms with van der Waals surface area (Å²) in [5.74, 6) is 0.878. The van der Waals surface area contributed by atoms with Crippen LogP contribution in [0.1, 0.15) is 29.0 Å². The van der Waals surface area contributed by atoms with Gasteiger partial charge in [0.1, 0.15) is 18.2 Å². The highest BCUT2D eigenvalue weighted by atomic mass is 15.3. The zero-order valence-corrected chi connectivity index (χ0v) is 29.5. The van der Waals surface area contributed by atoms with Crippen molar-refractivity contribution in [2.24, 2.45) is 4.99 Å². The molecule has 4 heteroatoms. The lowest BCUT2D eigenvalue weighted by Gasteiger charge is -2.32. The van der Waals surface area contributed by atoms with E-state index in [1.807, 2.05) is 12.1 Å². The summed E-state index contributed by atoms with van der Waals surface area (Å²) in [7, 11) is 0. The molecule has 10 rings (SSSR count). The number of nitrogens with zero attached hydrogens (tertiary/aromatic N) is 2. The Bertz CT molecular complexity index is 2810. The van der Waals surface area contributed by atoms with E-state index in [1.165, 1.54) is 49.4 Å². The molecule has 2 N–H and O–H groups in total. The Morgan fingerprint density at radius 1 is 0.426 bits per heavy atom. The molecule has 2 heterocycles. The van der Waals surface area contributed by atoms with Crippen molar-refractivity contribution in [1.82, 2.24) is 15.6 Å². The second-order valence-corrected chi connectivity index (χ2v) is 13.9. The van der Waals surface area contributed by atoms with Crippen molar-refractivity contribution in [1.29, 1.82) is 0 Å². The van der Waals surface area contributed by atoms with Gasteiger partial charge in [0.05, 0.1) is 11.2 Å². The number of benzene rings is 8. The lowest BCUT2D eigenvalue weighted by atomic mass is 9.92. The minimum absolute atomic E-state index is 0.0707. The predicted molar refractivity (Wildman–Crippen MR) is 224 cm³/mol. The van der Waals surface area contributed by atoms with E-state index in [-0.39, 0.29) is 12.3 Å². The minimum atomic E-state index is -0.164. The van der Waals surface area contributed by atoms with E-state index in [2.05, 4.69) is 193 Å². The average Bonchev–Trinajstić information content (AvgIpc) is 3.26. The highest BCUT2D eigenvalue weighted by Gasteiger charge is 2.25. The maximum atomic E-state index is 5.22. The van der Waals surface area contributed by atoms with Gasteiger partial charge in [-0.05, 0) is 62.4 Å². The van der Waals surface area contributed by atoms with E-state index in [0.29, 0.717) is 0 Å². The molecule has 2 atom stereocenters. The van der Waals surface area contributed by atoms with Gasteiger partial charge in [0.25, 0.3) is 0 Å². The first-order valence-corrected chi connectivity index (χ1v) is 18.5. The number of aromatic nitrogens is 1. The molecular weight excluding hydrogens is 657 g/mol. The summed E-state index contributed by atoms with van der Waals surface area (Å²) < 4.78 is 0. The summed E-state index contributed by atoms with van der Waals surface area (Å²) in [6.45, 7) is 0. The van der Waals surface area contributed by atoms with Gasteiger partial charge in [0.2, 0.25) is 0 Å². The molecule has 8 aromatic carbocycles. The van der Waals surface area contributed by atoms with Crippen molar-refractivity contribution < 1.29 is 0 Å². The normalized spacial score (nSPS) is 15.6. The van der Waals surface area contributed by atoms with Crippen molar-refractivity contribution in [3.8, 4) is 33.5 Å². The summed E-state index contributed by atoms with van der Waals surface area (Å²) in [4.78, 5) is 10.4. The molecule has 54 heavy (non-hydrogen) atoms. The number of pyridine rings is 1. The van der Waals surface area contributed by atoms with Crippen LogP contribution in [-0.2, 0) is 0 Å². The molecule has 9 aromatic rings. The number of hydrogen-bond acceptors (Lipinski definition) is 4. The number of aliphatic imine (C=N–C) groups is 1. The maximum Gasteiger partial charge on any atom is 0.131 e. The number of rotatable bonds is 6. The van der Waals surface area contributed by atoms with Crippen LogP contribution < -0.4 is 10.6 Å². The Morgan fingerprint density at radius 2 is 1.02 bits per heavy atom. The summed E-state index contributed by atoms with van der Waals surface area (Å²) in [5.41, 5.74) is 11.2.